The minimum atomic E-state index is -2.75. The van der Waals surface area contributed by atoms with Crippen LogP contribution in [0.15, 0.2) is 12.3 Å². The van der Waals surface area contributed by atoms with Crippen LogP contribution in [-0.4, -0.2) is 12.1 Å². The van der Waals surface area contributed by atoms with Crippen LogP contribution in [0.5, 0.6) is 5.75 Å². The average Bonchev–Trinajstić information content (AvgIpc) is 2.16. The molecule has 0 amide bonds. The molecule has 13 heavy (non-hydrogen) atoms. The molecule has 0 aliphatic heterocycles. The number of rotatable bonds is 3. The van der Waals surface area contributed by atoms with Crippen molar-refractivity contribution in [3.63, 3.8) is 0 Å². The van der Waals surface area contributed by atoms with Gasteiger partial charge in [-0.1, -0.05) is 0 Å². The minimum absolute atomic E-state index is 0.130. The lowest BCUT2D eigenvalue weighted by Gasteiger charge is -2.06. The fourth-order valence-electron chi connectivity index (χ4n) is 0.914. The zero-order chi connectivity index (χ0) is 9.84. The Morgan fingerprint density at radius 3 is 2.69 bits per heavy atom. The van der Waals surface area contributed by atoms with Crippen LogP contribution >= 0.6 is 0 Å². The molecule has 1 aromatic rings. The van der Waals surface area contributed by atoms with Gasteiger partial charge in [-0.3, -0.25) is 4.98 Å². The van der Waals surface area contributed by atoms with Crippen molar-refractivity contribution >= 4 is 0 Å². The molecule has 72 valence electrons. The number of halogens is 3. The summed E-state index contributed by atoms with van der Waals surface area (Å²) in [4.78, 5) is 3.40. The van der Waals surface area contributed by atoms with E-state index in [2.05, 4.69) is 4.98 Å². The van der Waals surface area contributed by atoms with Crippen molar-refractivity contribution in [3.05, 3.63) is 23.5 Å². The second-order valence-corrected chi connectivity index (χ2v) is 2.35. The van der Waals surface area contributed by atoms with Crippen molar-refractivity contribution in [2.45, 2.75) is 13.1 Å². The van der Waals surface area contributed by atoms with Crippen LogP contribution < -0.4 is 4.74 Å². The van der Waals surface area contributed by atoms with Crippen LogP contribution in [0.2, 0.25) is 0 Å². The topological polar surface area (TPSA) is 22.1 Å². The molecule has 0 unspecified atom stereocenters. The number of aromatic nitrogens is 1. The molecule has 0 aliphatic carbocycles. The molecule has 0 saturated carbocycles. The van der Waals surface area contributed by atoms with E-state index in [9.17, 15) is 13.2 Å². The number of hydrogen-bond donors (Lipinski definition) is 0. The molecular weight excluding hydrogens is 183 g/mol. The van der Waals surface area contributed by atoms with Crippen LogP contribution in [0, 0.1) is 0 Å². The normalized spacial score (nSPS) is 10.5. The first-order valence-electron chi connectivity index (χ1n) is 3.56. The summed E-state index contributed by atoms with van der Waals surface area (Å²) in [5.74, 6) is 0.275. The minimum Gasteiger partial charge on any atom is -0.495 e. The summed E-state index contributed by atoms with van der Waals surface area (Å²) >= 11 is 0. The van der Waals surface area contributed by atoms with E-state index in [1.165, 1.54) is 13.2 Å². The Kier molecular flexibility index (Phi) is 3.11. The van der Waals surface area contributed by atoms with Crippen LogP contribution in [0.4, 0.5) is 13.2 Å². The highest BCUT2D eigenvalue weighted by molar-refractivity contribution is 5.29. The predicted molar refractivity (Wildman–Crippen MR) is 40.6 cm³/mol. The Balaban J connectivity index is 3.08. The second kappa shape index (κ2) is 4.11. The van der Waals surface area contributed by atoms with E-state index in [0.717, 1.165) is 6.20 Å². The molecule has 0 radical (unpaired) electrons. The lowest BCUT2D eigenvalue weighted by molar-refractivity contribution is 0.143. The van der Waals surface area contributed by atoms with Crippen LogP contribution in [-0.2, 0) is 6.67 Å². The van der Waals surface area contributed by atoms with Gasteiger partial charge >= 0.3 is 0 Å². The van der Waals surface area contributed by atoms with E-state index in [-0.39, 0.29) is 11.3 Å². The zero-order valence-electron chi connectivity index (χ0n) is 6.93. The Morgan fingerprint density at radius 1 is 1.54 bits per heavy atom. The van der Waals surface area contributed by atoms with Gasteiger partial charge in [0.25, 0.3) is 6.43 Å². The van der Waals surface area contributed by atoms with E-state index in [0.29, 0.717) is 0 Å². The molecule has 1 rings (SSSR count). The van der Waals surface area contributed by atoms with Gasteiger partial charge < -0.3 is 4.74 Å². The van der Waals surface area contributed by atoms with Gasteiger partial charge in [-0.2, -0.15) is 0 Å². The summed E-state index contributed by atoms with van der Waals surface area (Å²) in [6, 6.07) is 1.22. The molecule has 0 atom stereocenters. The van der Waals surface area contributed by atoms with Crippen LogP contribution in [0.1, 0.15) is 17.7 Å². The Labute approximate surface area is 73.4 Å². The molecule has 1 aromatic heterocycles. The predicted octanol–water partition coefficient (Wildman–Crippen LogP) is 2.50. The Morgan fingerprint density at radius 2 is 2.23 bits per heavy atom. The third kappa shape index (κ3) is 2.11. The van der Waals surface area contributed by atoms with Gasteiger partial charge in [0.2, 0.25) is 0 Å². The lowest BCUT2D eigenvalue weighted by atomic mass is 10.2. The van der Waals surface area contributed by atoms with Crippen LogP contribution in [0.25, 0.3) is 0 Å². The molecule has 0 bridgehead atoms. The van der Waals surface area contributed by atoms with E-state index in [4.69, 9.17) is 4.74 Å². The maximum absolute atomic E-state index is 12.2. The van der Waals surface area contributed by atoms with E-state index in [1.54, 1.807) is 0 Å². The molecule has 0 N–H and O–H groups in total. The standard InChI is InChI=1S/C8H8F3NO/c1-13-6-2-5(3-9)7(8(10)11)12-4-6/h2,4,8H,3H2,1H3. The van der Waals surface area contributed by atoms with Crippen molar-refractivity contribution < 1.29 is 17.9 Å². The van der Waals surface area contributed by atoms with Crippen molar-refractivity contribution in [1.82, 2.24) is 4.98 Å². The molecule has 0 fully saturated rings. The monoisotopic (exact) mass is 191 g/mol. The summed E-state index contributed by atoms with van der Waals surface area (Å²) in [6.07, 6.45) is -1.61. The van der Waals surface area contributed by atoms with Gasteiger partial charge in [0, 0.05) is 5.56 Å². The average molecular weight is 191 g/mol. The summed E-state index contributed by atoms with van der Waals surface area (Å²) in [5, 5.41) is 0. The summed E-state index contributed by atoms with van der Waals surface area (Å²) in [5.41, 5.74) is -0.655. The molecule has 0 spiro atoms. The third-order valence-electron chi connectivity index (χ3n) is 1.56. The first-order chi connectivity index (χ1) is 6.19. The number of hydrogen-bond acceptors (Lipinski definition) is 2. The summed E-state index contributed by atoms with van der Waals surface area (Å²) < 4.78 is 41.3. The number of methoxy groups -OCH3 is 1. The smallest absolute Gasteiger partial charge is 0.280 e. The molecule has 0 saturated heterocycles. The summed E-state index contributed by atoms with van der Waals surface area (Å²) in [7, 11) is 1.36. The van der Waals surface area contributed by atoms with Gasteiger partial charge in [0.1, 0.15) is 18.1 Å². The van der Waals surface area contributed by atoms with Gasteiger partial charge in [-0.25, -0.2) is 13.2 Å². The van der Waals surface area contributed by atoms with Crippen LogP contribution in [0.3, 0.4) is 0 Å². The zero-order valence-corrected chi connectivity index (χ0v) is 6.93. The largest absolute Gasteiger partial charge is 0.495 e. The number of ether oxygens (including phenoxy) is 1. The number of pyridine rings is 1. The maximum Gasteiger partial charge on any atom is 0.280 e. The van der Waals surface area contributed by atoms with Gasteiger partial charge in [-0.05, 0) is 6.07 Å². The molecule has 2 nitrogen and oxygen atoms in total. The van der Waals surface area contributed by atoms with Gasteiger partial charge in [-0.15, -0.1) is 0 Å². The molecule has 0 aliphatic rings. The first kappa shape index (κ1) is 9.83. The highest BCUT2D eigenvalue weighted by Gasteiger charge is 2.15. The third-order valence-corrected chi connectivity index (χ3v) is 1.56. The molecule has 1 heterocycles. The quantitative estimate of drug-likeness (QED) is 0.732. The molecule has 0 aromatic carbocycles. The fraction of sp³-hybridized carbons (Fsp3) is 0.375. The highest BCUT2D eigenvalue weighted by Crippen LogP contribution is 2.24. The van der Waals surface area contributed by atoms with E-state index < -0.39 is 18.8 Å². The fourth-order valence-corrected chi connectivity index (χ4v) is 0.914. The highest BCUT2D eigenvalue weighted by atomic mass is 19.3. The van der Waals surface area contributed by atoms with E-state index in [1.807, 2.05) is 0 Å². The molecule has 5 heteroatoms. The van der Waals surface area contributed by atoms with Crippen molar-refractivity contribution in [1.29, 1.82) is 0 Å². The number of alkyl halides is 3. The number of nitrogens with zero attached hydrogens (tertiary/aromatic N) is 1. The van der Waals surface area contributed by atoms with Gasteiger partial charge in [0.15, 0.2) is 0 Å². The molecular formula is C8H8F3NO. The Bertz CT molecular complexity index is 291. The SMILES string of the molecule is COc1cnc(C(F)F)c(CF)c1. The van der Waals surface area contributed by atoms with Crippen molar-refractivity contribution in [2.75, 3.05) is 7.11 Å². The lowest BCUT2D eigenvalue weighted by Crippen LogP contribution is -1.98. The van der Waals surface area contributed by atoms with Crippen molar-refractivity contribution in [3.8, 4) is 5.75 Å². The summed E-state index contributed by atoms with van der Waals surface area (Å²) in [6.45, 7) is -0.968. The van der Waals surface area contributed by atoms with E-state index >= 15 is 0 Å². The second-order valence-electron chi connectivity index (χ2n) is 2.35. The van der Waals surface area contributed by atoms with Gasteiger partial charge in [0.05, 0.1) is 13.3 Å². The van der Waals surface area contributed by atoms with Crippen molar-refractivity contribution in [2.24, 2.45) is 0 Å². The first-order valence-corrected chi connectivity index (χ1v) is 3.56. The Hall–Kier alpha value is -1.26. The maximum atomic E-state index is 12.2.